The first-order valence-electron chi connectivity index (χ1n) is 7.39. The Morgan fingerprint density at radius 2 is 1.90 bits per heavy atom. The predicted octanol–water partition coefficient (Wildman–Crippen LogP) is 2.30. The van der Waals surface area contributed by atoms with Crippen molar-refractivity contribution in [3.63, 3.8) is 0 Å². The molecule has 1 N–H and O–H groups in total. The van der Waals surface area contributed by atoms with Crippen LogP contribution in [0.4, 0.5) is 0 Å². The highest BCUT2D eigenvalue weighted by atomic mass is 16.4. The highest BCUT2D eigenvalue weighted by molar-refractivity contribution is 5.89. The van der Waals surface area contributed by atoms with Crippen LogP contribution in [0.15, 0.2) is 24.3 Å². The lowest BCUT2D eigenvalue weighted by molar-refractivity contribution is 0.0691. The van der Waals surface area contributed by atoms with Crippen molar-refractivity contribution >= 4 is 5.97 Å². The molecule has 1 atom stereocenters. The third kappa shape index (κ3) is 3.58. The minimum absolute atomic E-state index is 0.428. The van der Waals surface area contributed by atoms with E-state index < -0.39 is 5.97 Å². The van der Waals surface area contributed by atoms with Crippen molar-refractivity contribution in [1.82, 2.24) is 9.80 Å². The molecule has 0 aliphatic carbocycles. The van der Waals surface area contributed by atoms with Gasteiger partial charge in [0.25, 0.3) is 0 Å². The molecule has 20 heavy (non-hydrogen) atoms. The Kier molecular flexibility index (Phi) is 5.15. The minimum atomic E-state index is -0.834. The lowest BCUT2D eigenvalue weighted by Crippen LogP contribution is -2.49. The average Bonchev–Trinajstić information content (AvgIpc) is 2.47. The zero-order valence-electron chi connectivity index (χ0n) is 12.4. The fraction of sp³-hybridized carbons (Fsp3) is 0.562. The van der Waals surface area contributed by atoms with Gasteiger partial charge in [0, 0.05) is 38.8 Å². The van der Waals surface area contributed by atoms with Gasteiger partial charge in [-0.3, -0.25) is 9.80 Å². The Balaban J connectivity index is 1.95. The second-order valence-electron chi connectivity index (χ2n) is 5.53. The minimum Gasteiger partial charge on any atom is -0.478 e. The topological polar surface area (TPSA) is 43.8 Å². The molecule has 0 spiro atoms. The van der Waals surface area contributed by atoms with Gasteiger partial charge in [0.2, 0.25) is 0 Å². The molecule has 0 aromatic heterocycles. The van der Waals surface area contributed by atoms with Crippen LogP contribution in [0.3, 0.4) is 0 Å². The van der Waals surface area contributed by atoms with Gasteiger partial charge in [-0.25, -0.2) is 4.79 Å². The summed E-state index contributed by atoms with van der Waals surface area (Å²) in [6, 6.07) is 7.95. The van der Waals surface area contributed by atoms with Crippen molar-refractivity contribution in [2.24, 2.45) is 0 Å². The number of benzene rings is 1. The maximum atomic E-state index is 11.2. The highest BCUT2D eigenvalue weighted by Crippen LogP contribution is 2.15. The summed E-state index contributed by atoms with van der Waals surface area (Å²) < 4.78 is 0. The normalized spacial score (nSPS) is 18.9. The highest BCUT2D eigenvalue weighted by Gasteiger charge is 2.21. The first-order valence-corrected chi connectivity index (χ1v) is 7.39. The summed E-state index contributed by atoms with van der Waals surface area (Å²) in [5, 5.41) is 9.22. The van der Waals surface area contributed by atoms with Gasteiger partial charge in [-0.1, -0.05) is 25.1 Å². The van der Waals surface area contributed by atoms with Crippen molar-refractivity contribution in [2.75, 3.05) is 26.2 Å². The van der Waals surface area contributed by atoms with Gasteiger partial charge in [-0.15, -0.1) is 0 Å². The summed E-state index contributed by atoms with van der Waals surface area (Å²) in [4.78, 5) is 16.1. The van der Waals surface area contributed by atoms with Gasteiger partial charge in [0.05, 0.1) is 5.56 Å². The first-order chi connectivity index (χ1) is 9.61. The molecule has 4 nitrogen and oxygen atoms in total. The maximum Gasteiger partial charge on any atom is 0.336 e. The molecule has 110 valence electrons. The van der Waals surface area contributed by atoms with Crippen LogP contribution in [0.1, 0.15) is 36.2 Å². The molecule has 1 heterocycles. The number of nitrogens with zero attached hydrogens (tertiary/aromatic N) is 2. The van der Waals surface area contributed by atoms with Crippen molar-refractivity contribution in [1.29, 1.82) is 0 Å². The number of carboxylic acids is 1. The third-order valence-corrected chi connectivity index (χ3v) is 4.26. The van der Waals surface area contributed by atoms with E-state index in [9.17, 15) is 9.90 Å². The van der Waals surface area contributed by atoms with Crippen LogP contribution in [-0.4, -0.2) is 53.1 Å². The zero-order valence-corrected chi connectivity index (χ0v) is 12.4. The summed E-state index contributed by atoms with van der Waals surface area (Å²) in [6.07, 6.45) is 1.18. The van der Waals surface area contributed by atoms with Crippen LogP contribution in [0.25, 0.3) is 0 Å². The van der Waals surface area contributed by atoms with Gasteiger partial charge in [-0.2, -0.15) is 0 Å². The Bertz CT molecular complexity index is 454. The van der Waals surface area contributed by atoms with Crippen molar-refractivity contribution in [2.45, 2.75) is 32.9 Å². The molecule has 0 bridgehead atoms. The van der Waals surface area contributed by atoms with E-state index in [0.29, 0.717) is 11.6 Å². The quantitative estimate of drug-likeness (QED) is 0.896. The fourth-order valence-electron chi connectivity index (χ4n) is 2.73. The largest absolute Gasteiger partial charge is 0.478 e. The summed E-state index contributed by atoms with van der Waals surface area (Å²) in [7, 11) is 0. The van der Waals surface area contributed by atoms with E-state index in [1.807, 2.05) is 12.1 Å². The van der Waals surface area contributed by atoms with Gasteiger partial charge in [0.1, 0.15) is 0 Å². The molecular formula is C16H24N2O2. The Labute approximate surface area is 121 Å². The summed E-state index contributed by atoms with van der Waals surface area (Å²) in [6.45, 7) is 9.40. The predicted molar refractivity (Wildman–Crippen MR) is 80.0 cm³/mol. The lowest BCUT2D eigenvalue weighted by Gasteiger charge is -2.38. The number of piperazine rings is 1. The van der Waals surface area contributed by atoms with Crippen LogP contribution in [0, 0.1) is 0 Å². The fourth-order valence-corrected chi connectivity index (χ4v) is 2.73. The van der Waals surface area contributed by atoms with E-state index in [1.165, 1.54) is 6.42 Å². The molecule has 1 unspecified atom stereocenters. The van der Waals surface area contributed by atoms with Gasteiger partial charge >= 0.3 is 5.97 Å². The van der Waals surface area contributed by atoms with Crippen LogP contribution in [-0.2, 0) is 6.54 Å². The molecule has 1 fully saturated rings. The van der Waals surface area contributed by atoms with Crippen LogP contribution in [0.2, 0.25) is 0 Å². The Hall–Kier alpha value is -1.39. The number of carbonyl (C=O) groups is 1. The second kappa shape index (κ2) is 6.86. The van der Waals surface area contributed by atoms with E-state index in [4.69, 9.17) is 0 Å². The lowest BCUT2D eigenvalue weighted by atomic mass is 10.1. The van der Waals surface area contributed by atoms with Crippen LogP contribution < -0.4 is 0 Å². The van der Waals surface area contributed by atoms with Crippen molar-refractivity contribution in [3.05, 3.63) is 35.4 Å². The summed E-state index contributed by atoms with van der Waals surface area (Å²) >= 11 is 0. The Morgan fingerprint density at radius 3 is 2.50 bits per heavy atom. The maximum absolute atomic E-state index is 11.2. The molecular weight excluding hydrogens is 252 g/mol. The summed E-state index contributed by atoms with van der Waals surface area (Å²) in [5.41, 5.74) is 1.34. The molecule has 2 rings (SSSR count). The number of rotatable bonds is 5. The van der Waals surface area contributed by atoms with E-state index in [1.54, 1.807) is 12.1 Å². The summed E-state index contributed by atoms with van der Waals surface area (Å²) in [5.74, 6) is -0.834. The van der Waals surface area contributed by atoms with Gasteiger partial charge in [0.15, 0.2) is 0 Å². The number of aromatic carboxylic acids is 1. The van der Waals surface area contributed by atoms with E-state index in [0.717, 1.165) is 38.3 Å². The van der Waals surface area contributed by atoms with Crippen LogP contribution in [0.5, 0.6) is 0 Å². The number of carboxylic acid groups (broad SMARTS) is 1. The molecule has 0 amide bonds. The van der Waals surface area contributed by atoms with Crippen molar-refractivity contribution in [3.8, 4) is 0 Å². The smallest absolute Gasteiger partial charge is 0.336 e. The molecule has 1 aliphatic heterocycles. The molecule has 4 heteroatoms. The Morgan fingerprint density at radius 1 is 1.25 bits per heavy atom. The molecule has 1 aromatic carbocycles. The standard InChI is InChI=1S/C16H24N2O2/c1-3-13(2)18-10-8-17(9-11-18)12-14-6-4-5-7-15(14)16(19)20/h4-7,13H,3,8-12H2,1-2H3,(H,19,20). The van der Waals surface area contributed by atoms with Gasteiger partial charge in [-0.05, 0) is 25.0 Å². The molecule has 0 radical (unpaired) electrons. The van der Waals surface area contributed by atoms with Crippen molar-refractivity contribution < 1.29 is 9.90 Å². The first kappa shape index (κ1) is 15.0. The average molecular weight is 276 g/mol. The van der Waals surface area contributed by atoms with E-state index in [2.05, 4.69) is 23.6 Å². The van der Waals surface area contributed by atoms with E-state index in [-0.39, 0.29) is 0 Å². The monoisotopic (exact) mass is 276 g/mol. The molecule has 1 aromatic rings. The molecule has 1 saturated heterocycles. The number of hydrogen-bond donors (Lipinski definition) is 1. The molecule has 1 aliphatic rings. The van der Waals surface area contributed by atoms with Crippen LogP contribution >= 0.6 is 0 Å². The third-order valence-electron chi connectivity index (χ3n) is 4.26. The zero-order chi connectivity index (χ0) is 14.5. The van der Waals surface area contributed by atoms with Gasteiger partial charge < -0.3 is 5.11 Å². The second-order valence-corrected chi connectivity index (χ2v) is 5.53. The number of hydrogen-bond acceptors (Lipinski definition) is 3. The SMILES string of the molecule is CCC(C)N1CCN(Cc2ccccc2C(=O)O)CC1. The van der Waals surface area contributed by atoms with E-state index >= 15 is 0 Å². The molecule has 0 saturated carbocycles.